The summed E-state index contributed by atoms with van der Waals surface area (Å²) in [6.07, 6.45) is 1.60. The maximum absolute atomic E-state index is 12.3. The van der Waals surface area contributed by atoms with Gasteiger partial charge in [-0.3, -0.25) is 0 Å². The molecular weight excluding hydrogens is 434 g/mol. The van der Waals surface area contributed by atoms with Gasteiger partial charge in [0, 0.05) is 30.9 Å². The summed E-state index contributed by atoms with van der Waals surface area (Å²) in [6, 6.07) is 10.7. The third-order valence-corrected chi connectivity index (χ3v) is 5.08. The zero-order valence-electron chi connectivity index (χ0n) is 17.9. The fourth-order valence-corrected chi connectivity index (χ4v) is 3.36. The van der Waals surface area contributed by atoms with E-state index in [0.29, 0.717) is 39.4 Å². The van der Waals surface area contributed by atoms with Gasteiger partial charge in [-0.1, -0.05) is 24.9 Å². The van der Waals surface area contributed by atoms with Crippen LogP contribution in [0.15, 0.2) is 40.8 Å². The van der Waals surface area contributed by atoms with Crippen LogP contribution < -0.4 is 9.64 Å². The fourth-order valence-electron chi connectivity index (χ4n) is 3.11. The number of oxazole rings is 1. The minimum atomic E-state index is -0.723. The summed E-state index contributed by atoms with van der Waals surface area (Å²) < 4.78 is 16.8. The average Bonchev–Trinajstić information content (AvgIpc) is 3.20. The van der Waals surface area contributed by atoms with E-state index in [2.05, 4.69) is 9.97 Å². The summed E-state index contributed by atoms with van der Waals surface area (Å²) in [5.41, 5.74) is 1.07. The number of carbonyl (C=O) groups excluding carboxylic acids is 1. The minimum absolute atomic E-state index is 0.0898. The lowest BCUT2D eigenvalue weighted by molar-refractivity contribution is 0.0489. The number of benzene rings is 2. The van der Waals surface area contributed by atoms with Crippen molar-refractivity contribution in [3.8, 4) is 17.2 Å². The first-order valence-corrected chi connectivity index (χ1v) is 10.5. The molecule has 9 heteroatoms. The normalized spacial score (nSPS) is 11.1. The van der Waals surface area contributed by atoms with Gasteiger partial charge in [-0.15, -0.1) is 0 Å². The number of hydrogen-bond acceptors (Lipinski definition) is 8. The van der Waals surface area contributed by atoms with Crippen LogP contribution in [-0.4, -0.2) is 41.7 Å². The molecule has 2 aromatic carbocycles. The summed E-state index contributed by atoms with van der Waals surface area (Å²) in [6.45, 7) is 2.23. The highest BCUT2D eigenvalue weighted by Gasteiger charge is 2.20. The number of nitrogens with zero attached hydrogens (tertiary/aromatic N) is 3. The molecule has 2 heterocycles. The number of anilines is 1. The van der Waals surface area contributed by atoms with Crippen LogP contribution in [0, 0.1) is 0 Å². The molecule has 0 atom stereocenters. The molecule has 0 radical (unpaired) electrons. The van der Waals surface area contributed by atoms with Crippen molar-refractivity contribution in [1.82, 2.24) is 9.97 Å². The van der Waals surface area contributed by atoms with Gasteiger partial charge in [0.1, 0.15) is 22.2 Å². The smallest absolute Gasteiger partial charge is 0.360 e. The van der Waals surface area contributed by atoms with Crippen molar-refractivity contribution in [1.29, 1.82) is 0 Å². The first kappa shape index (κ1) is 21.7. The molecule has 0 aliphatic heterocycles. The summed E-state index contributed by atoms with van der Waals surface area (Å²) >= 11 is 6.25. The number of halogens is 1. The zero-order chi connectivity index (χ0) is 22.8. The van der Waals surface area contributed by atoms with Crippen LogP contribution in [0.2, 0.25) is 5.15 Å². The van der Waals surface area contributed by atoms with Gasteiger partial charge in [0.25, 0.3) is 6.01 Å². The van der Waals surface area contributed by atoms with E-state index in [-0.39, 0.29) is 23.2 Å². The Morgan fingerprint density at radius 1 is 1.12 bits per heavy atom. The number of rotatable bonds is 7. The lowest BCUT2D eigenvalue weighted by Crippen LogP contribution is -2.09. The number of fused-ring (bicyclic) bond motifs is 2. The number of pyridine rings is 1. The lowest BCUT2D eigenvalue weighted by atomic mass is 10.1. The topological polar surface area (TPSA) is 97.9 Å². The van der Waals surface area contributed by atoms with Crippen LogP contribution in [0.4, 0.5) is 6.01 Å². The molecule has 4 rings (SSSR count). The van der Waals surface area contributed by atoms with E-state index in [1.165, 1.54) is 0 Å². The summed E-state index contributed by atoms with van der Waals surface area (Å²) in [5, 5.41) is 11.6. The van der Waals surface area contributed by atoms with Crippen molar-refractivity contribution in [3.63, 3.8) is 0 Å². The van der Waals surface area contributed by atoms with E-state index in [0.717, 1.165) is 12.8 Å². The van der Waals surface area contributed by atoms with Crippen LogP contribution in [0.5, 0.6) is 17.2 Å². The summed E-state index contributed by atoms with van der Waals surface area (Å²) in [7, 11) is 3.69. The van der Waals surface area contributed by atoms with E-state index in [1.54, 1.807) is 41.3 Å². The molecule has 1 N–H and O–H groups in total. The Morgan fingerprint density at radius 3 is 2.62 bits per heavy atom. The Morgan fingerprint density at radius 2 is 1.88 bits per heavy atom. The maximum atomic E-state index is 12.3. The van der Waals surface area contributed by atoms with E-state index < -0.39 is 5.97 Å². The Hall–Kier alpha value is -3.52. The van der Waals surface area contributed by atoms with Crippen molar-refractivity contribution in [2.45, 2.75) is 19.8 Å². The molecule has 0 spiro atoms. The molecule has 32 heavy (non-hydrogen) atoms. The summed E-state index contributed by atoms with van der Waals surface area (Å²) in [5.74, 6) is -0.0523. The monoisotopic (exact) mass is 455 g/mol. The first-order valence-electron chi connectivity index (χ1n) is 10.1. The molecule has 0 fully saturated rings. The van der Waals surface area contributed by atoms with Gasteiger partial charge in [-0.2, -0.15) is 4.98 Å². The van der Waals surface area contributed by atoms with Crippen molar-refractivity contribution in [2.75, 3.05) is 25.6 Å². The van der Waals surface area contributed by atoms with Crippen LogP contribution >= 0.6 is 11.6 Å². The molecule has 8 nitrogen and oxygen atoms in total. The van der Waals surface area contributed by atoms with E-state index in [9.17, 15) is 9.90 Å². The molecule has 0 unspecified atom stereocenters. The van der Waals surface area contributed by atoms with Gasteiger partial charge in [0.05, 0.1) is 6.61 Å². The van der Waals surface area contributed by atoms with Gasteiger partial charge >= 0.3 is 5.97 Å². The third-order valence-electron chi connectivity index (χ3n) is 4.79. The lowest BCUT2D eigenvalue weighted by Gasteiger charge is -2.11. The highest BCUT2D eigenvalue weighted by molar-refractivity contribution is 6.34. The molecule has 2 aromatic heterocycles. The molecule has 0 saturated heterocycles. The van der Waals surface area contributed by atoms with E-state index >= 15 is 0 Å². The van der Waals surface area contributed by atoms with Crippen LogP contribution in [0.3, 0.4) is 0 Å². The maximum Gasteiger partial charge on any atom is 0.360 e. The molecule has 0 bridgehead atoms. The fraction of sp³-hybridized carbons (Fsp3) is 0.261. The number of ether oxygens (including phenoxy) is 2. The van der Waals surface area contributed by atoms with Gasteiger partial charge in [-0.25, -0.2) is 9.78 Å². The number of unbranched alkanes of at least 4 members (excludes halogenated alkanes) is 1. The quantitative estimate of drug-likeness (QED) is 0.220. The van der Waals surface area contributed by atoms with Gasteiger partial charge in [0.2, 0.25) is 0 Å². The molecule has 4 aromatic rings. The molecule has 0 aliphatic carbocycles. The Kier molecular flexibility index (Phi) is 6.05. The Labute approximate surface area is 189 Å². The minimum Gasteiger partial charge on any atom is -0.505 e. The second-order valence-electron chi connectivity index (χ2n) is 7.42. The van der Waals surface area contributed by atoms with Crippen molar-refractivity contribution in [3.05, 3.63) is 47.2 Å². The Balaban J connectivity index is 1.65. The van der Waals surface area contributed by atoms with Crippen LogP contribution in [0.25, 0.3) is 21.9 Å². The molecule has 0 aliphatic rings. The molecular formula is C23H22ClN3O5. The highest BCUT2D eigenvalue weighted by atomic mass is 35.5. The van der Waals surface area contributed by atoms with Crippen LogP contribution in [0.1, 0.15) is 30.3 Å². The molecule has 166 valence electrons. The van der Waals surface area contributed by atoms with Crippen LogP contribution in [-0.2, 0) is 4.74 Å². The summed E-state index contributed by atoms with van der Waals surface area (Å²) in [4.78, 5) is 22.5. The standard InChI is InChI=1S/C23H22ClN3O5/c1-4-5-10-30-22(29)19-20(28)16-11-13(6-8-15(16)21(24)26-19)31-14-7-9-18-17(12-14)25-23(32-18)27(2)3/h6-9,11-12,28H,4-5,10H2,1-3H3. The second kappa shape index (κ2) is 8.92. The predicted molar refractivity (Wildman–Crippen MR) is 122 cm³/mol. The zero-order valence-corrected chi connectivity index (χ0v) is 18.6. The first-order chi connectivity index (χ1) is 15.4. The van der Waals surface area contributed by atoms with Gasteiger partial charge < -0.3 is 23.9 Å². The highest BCUT2D eigenvalue weighted by Crippen LogP contribution is 2.36. The predicted octanol–water partition coefficient (Wildman–Crippen LogP) is 5.55. The molecule has 0 amide bonds. The average molecular weight is 456 g/mol. The number of esters is 1. The largest absolute Gasteiger partial charge is 0.505 e. The number of aromatic nitrogens is 2. The van der Waals surface area contributed by atoms with Gasteiger partial charge in [0.15, 0.2) is 17.0 Å². The molecule has 0 saturated carbocycles. The second-order valence-corrected chi connectivity index (χ2v) is 7.78. The van der Waals surface area contributed by atoms with Crippen molar-refractivity contribution < 1.29 is 23.8 Å². The van der Waals surface area contributed by atoms with Crippen molar-refractivity contribution >= 4 is 45.5 Å². The van der Waals surface area contributed by atoms with E-state index in [1.807, 2.05) is 21.0 Å². The Bertz CT molecular complexity index is 1300. The number of aromatic hydroxyl groups is 1. The van der Waals surface area contributed by atoms with Gasteiger partial charge in [-0.05, 0) is 36.8 Å². The number of carbonyl (C=O) groups is 1. The van der Waals surface area contributed by atoms with E-state index in [4.69, 9.17) is 25.5 Å². The third kappa shape index (κ3) is 4.27. The number of hydrogen-bond donors (Lipinski definition) is 1. The SMILES string of the molecule is CCCCOC(=O)c1nc(Cl)c2ccc(Oc3ccc4oc(N(C)C)nc4c3)cc2c1O. The van der Waals surface area contributed by atoms with Crippen molar-refractivity contribution in [2.24, 2.45) is 0 Å².